The molecule has 1 saturated carbocycles. The third-order valence-electron chi connectivity index (χ3n) is 12.6. The Hall–Kier alpha value is -4.43. The summed E-state index contributed by atoms with van der Waals surface area (Å²) >= 11 is 0. The van der Waals surface area contributed by atoms with Crippen LogP contribution in [0.15, 0.2) is 37.1 Å². The monoisotopic (exact) mass is 744 g/mol. The van der Waals surface area contributed by atoms with Crippen molar-refractivity contribution in [2.45, 2.75) is 63.1 Å². The Morgan fingerprint density at radius 1 is 1.04 bits per heavy atom. The van der Waals surface area contributed by atoms with Gasteiger partial charge in [-0.2, -0.15) is 23.3 Å². The van der Waals surface area contributed by atoms with Gasteiger partial charge in [-0.05, 0) is 92.8 Å². The number of aryl methyl sites for hydroxylation is 1. The molecule has 4 aliphatic heterocycles. The van der Waals surface area contributed by atoms with Gasteiger partial charge in [0.1, 0.15) is 11.3 Å². The number of alkyl halides is 3. The standard InChI is InChI=1S/C40H47F3N8O3/c1-4-31(52)49-20-38(21-49)11-14-48(15-12-38)36-28-18-27(26-7-8-26)33(32-25(2)6-9-30-29(32)19-44-47-30)35(54-24-40(41,42)43)34(28)45-37(46-36)50-22-39(23-50)10-5-13-51(39)16-17-53-3/h4,6,9,18-19,26H,1,5,7-8,10-17,20-24H2,2-3H3,(H,44,47). The molecule has 0 unspecified atom stereocenters. The van der Waals surface area contributed by atoms with Gasteiger partial charge in [0.2, 0.25) is 11.9 Å². The van der Waals surface area contributed by atoms with Gasteiger partial charge in [-0.1, -0.05) is 12.6 Å². The van der Waals surface area contributed by atoms with Gasteiger partial charge in [0.15, 0.2) is 12.4 Å². The SMILES string of the molecule is C=CC(=O)N1CC2(CCN(c3nc(N4CC5(CCCN5CCOC)C4)nc4c(OCC(F)(F)F)c(-c5c(C)ccc6[nH]ncc56)c(C5CC5)cc34)CC2)C1. The fourth-order valence-corrected chi connectivity index (χ4v) is 9.60. The first-order valence-electron chi connectivity index (χ1n) is 19.2. The second kappa shape index (κ2) is 13.1. The molecule has 6 heterocycles. The van der Waals surface area contributed by atoms with Crippen LogP contribution in [0.3, 0.4) is 0 Å². The van der Waals surface area contributed by atoms with Crippen molar-refractivity contribution < 1.29 is 27.4 Å². The summed E-state index contributed by atoms with van der Waals surface area (Å²) in [5.74, 6) is 1.53. The van der Waals surface area contributed by atoms with E-state index in [1.54, 1.807) is 13.3 Å². The molecule has 2 aromatic carbocycles. The predicted octanol–water partition coefficient (Wildman–Crippen LogP) is 6.22. The molecular weight excluding hydrogens is 697 g/mol. The highest BCUT2D eigenvalue weighted by Crippen LogP contribution is 2.54. The second-order valence-electron chi connectivity index (χ2n) is 16.2. The lowest BCUT2D eigenvalue weighted by atomic mass is 9.72. The third-order valence-corrected chi connectivity index (χ3v) is 12.6. The minimum Gasteiger partial charge on any atom is -0.481 e. The van der Waals surface area contributed by atoms with Gasteiger partial charge in [0.05, 0.1) is 23.9 Å². The quantitative estimate of drug-likeness (QED) is 0.190. The molecule has 14 heteroatoms. The fraction of sp³-hybridized carbons (Fsp3) is 0.550. The number of hydrogen-bond acceptors (Lipinski definition) is 9. The fourth-order valence-electron chi connectivity index (χ4n) is 9.60. The lowest BCUT2D eigenvalue weighted by Gasteiger charge is -2.54. The molecule has 1 aliphatic carbocycles. The highest BCUT2D eigenvalue weighted by molar-refractivity contribution is 6.06. The molecule has 1 N–H and O–H groups in total. The summed E-state index contributed by atoms with van der Waals surface area (Å²) in [5.41, 5.74) is 4.60. The van der Waals surface area contributed by atoms with Crippen molar-refractivity contribution in [3.05, 3.63) is 48.2 Å². The Balaban J connectivity index is 1.19. The predicted molar refractivity (Wildman–Crippen MR) is 201 cm³/mol. The zero-order valence-electron chi connectivity index (χ0n) is 31.0. The van der Waals surface area contributed by atoms with E-state index >= 15 is 0 Å². The van der Waals surface area contributed by atoms with E-state index in [0.29, 0.717) is 55.2 Å². The molecule has 1 amide bonds. The number of aromatic nitrogens is 4. The Kier molecular flexibility index (Phi) is 8.56. The van der Waals surface area contributed by atoms with Gasteiger partial charge < -0.3 is 24.2 Å². The summed E-state index contributed by atoms with van der Waals surface area (Å²) in [7, 11) is 1.72. The maximum Gasteiger partial charge on any atom is 0.422 e. The van der Waals surface area contributed by atoms with Crippen molar-refractivity contribution >= 4 is 39.5 Å². The molecule has 2 aromatic heterocycles. The van der Waals surface area contributed by atoms with E-state index < -0.39 is 12.8 Å². The number of nitrogens with one attached hydrogen (secondary N) is 1. The molecule has 2 spiro atoms. The number of amides is 1. The Bertz CT molecular complexity index is 2110. The summed E-state index contributed by atoms with van der Waals surface area (Å²) in [4.78, 5) is 31.5. The van der Waals surface area contributed by atoms with Crippen molar-refractivity contribution in [3.63, 3.8) is 0 Å². The summed E-state index contributed by atoms with van der Waals surface area (Å²) < 4.78 is 53.9. The number of carbonyl (C=O) groups excluding carboxylic acids is 1. The molecule has 286 valence electrons. The van der Waals surface area contributed by atoms with Gasteiger partial charge in [0, 0.05) is 74.7 Å². The topological polar surface area (TPSA) is 103 Å². The lowest BCUT2D eigenvalue weighted by molar-refractivity contribution is -0.153. The molecule has 4 saturated heterocycles. The van der Waals surface area contributed by atoms with E-state index in [4.69, 9.17) is 19.4 Å². The lowest BCUT2D eigenvalue weighted by Crippen LogP contribution is -2.68. The number of halogens is 3. The van der Waals surface area contributed by atoms with Crippen LogP contribution in [0.25, 0.3) is 32.9 Å². The first-order chi connectivity index (χ1) is 26.0. The Morgan fingerprint density at radius 3 is 2.52 bits per heavy atom. The van der Waals surface area contributed by atoms with Crippen LogP contribution in [0, 0.1) is 12.3 Å². The number of methoxy groups -OCH3 is 1. The van der Waals surface area contributed by atoms with Gasteiger partial charge >= 0.3 is 6.18 Å². The minimum absolute atomic E-state index is 0.00185. The molecule has 0 radical (unpaired) electrons. The van der Waals surface area contributed by atoms with Crippen LogP contribution in [0.2, 0.25) is 0 Å². The van der Waals surface area contributed by atoms with Crippen LogP contribution in [-0.4, -0.2) is 120 Å². The van der Waals surface area contributed by atoms with E-state index in [9.17, 15) is 18.0 Å². The number of carbonyl (C=O) groups is 1. The number of ether oxygens (including phenoxy) is 2. The van der Waals surface area contributed by atoms with E-state index in [1.807, 2.05) is 24.0 Å². The summed E-state index contributed by atoms with van der Waals surface area (Å²) in [5, 5.41) is 8.89. The number of nitrogens with zero attached hydrogens (tertiary/aromatic N) is 7. The largest absolute Gasteiger partial charge is 0.481 e. The molecule has 0 bridgehead atoms. The zero-order chi connectivity index (χ0) is 37.4. The van der Waals surface area contributed by atoms with E-state index in [1.165, 1.54) is 6.08 Å². The number of piperidine rings is 1. The molecular formula is C40H47F3N8O3. The summed E-state index contributed by atoms with van der Waals surface area (Å²) in [6, 6.07) is 6.06. The highest BCUT2D eigenvalue weighted by Gasteiger charge is 2.51. The number of aromatic amines is 1. The number of benzene rings is 2. The molecule has 5 aliphatic rings. The van der Waals surface area contributed by atoms with Crippen molar-refractivity contribution in [2.75, 3.05) is 82.5 Å². The molecule has 0 atom stereocenters. The first-order valence-corrected chi connectivity index (χ1v) is 19.2. The van der Waals surface area contributed by atoms with Gasteiger partial charge in [-0.3, -0.25) is 14.8 Å². The third kappa shape index (κ3) is 6.05. The maximum absolute atomic E-state index is 14.1. The normalized spacial score (nSPS) is 20.9. The maximum atomic E-state index is 14.1. The number of H-pyrrole nitrogens is 1. The molecule has 9 rings (SSSR count). The number of anilines is 2. The van der Waals surface area contributed by atoms with Gasteiger partial charge in [-0.15, -0.1) is 0 Å². The van der Waals surface area contributed by atoms with Crippen LogP contribution in [0.1, 0.15) is 55.6 Å². The zero-order valence-corrected chi connectivity index (χ0v) is 31.0. The van der Waals surface area contributed by atoms with Crippen molar-refractivity contribution in [1.82, 2.24) is 30.0 Å². The number of rotatable bonds is 10. The highest BCUT2D eigenvalue weighted by atomic mass is 19.4. The van der Waals surface area contributed by atoms with Gasteiger partial charge in [0.25, 0.3) is 0 Å². The number of likely N-dealkylation sites (tertiary alicyclic amines) is 2. The van der Waals surface area contributed by atoms with Crippen molar-refractivity contribution in [2.24, 2.45) is 5.41 Å². The Labute approximate surface area is 312 Å². The van der Waals surface area contributed by atoms with Gasteiger partial charge in [-0.25, -0.2) is 4.98 Å². The molecule has 4 aromatic rings. The Morgan fingerprint density at radius 2 is 1.81 bits per heavy atom. The summed E-state index contributed by atoms with van der Waals surface area (Å²) in [6.07, 6.45) is 4.36. The van der Waals surface area contributed by atoms with Crippen LogP contribution < -0.4 is 14.5 Å². The molecule has 5 fully saturated rings. The van der Waals surface area contributed by atoms with Crippen LogP contribution in [0.4, 0.5) is 24.9 Å². The first kappa shape index (κ1) is 35.3. The molecule has 11 nitrogen and oxygen atoms in total. The number of fused-ring (bicyclic) bond motifs is 2. The van der Waals surface area contributed by atoms with Crippen LogP contribution in [-0.2, 0) is 9.53 Å². The average molecular weight is 745 g/mol. The van der Waals surface area contributed by atoms with Crippen LogP contribution >= 0.6 is 0 Å². The van der Waals surface area contributed by atoms with E-state index in [0.717, 1.165) is 98.1 Å². The summed E-state index contributed by atoms with van der Waals surface area (Å²) in [6.45, 7) is 11.0. The smallest absolute Gasteiger partial charge is 0.422 e. The van der Waals surface area contributed by atoms with E-state index in [-0.39, 0.29) is 28.5 Å². The van der Waals surface area contributed by atoms with Crippen LogP contribution in [0.5, 0.6) is 5.75 Å². The average Bonchev–Trinajstić information content (AvgIpc) is 3.71. The second-order valence-corrected chi connectivity index (χ2v) is 16.2. The molecule has 54 heavy (non-hydrogen) atoms. The van der Waals surface area contributed by atoms with Crippen molar-refractivity contribution in [1.29, 1.82) is 0 Å². The van der Waals surface area contributed by atoms with Crippen molar-refractivity contribution in [3.8, 4) is 16.9 Å². The minimum atomic E-state index is -4.56. The van der Waals surface area contributed by atoms with E-state index in [2.05, 4.69) is 37.5 Å². The number of hydrogen-bond donors (Lipinski definition) is 1.